The van der Waals surface area contributed by atoms with Crippen molar-refractivity contribution in [1.82, 2.24) is 0 Å². The van der Waals surface area contributed by atoms with Gasteiger partial charge in [-0.15, -0.1) is 6.58 Å². The van der Waals surface area contributed by atoms with E-state index in [1.807, 2.05) is 32.1 Å². The second kappa shape index (κ2) is 32.0. The van der Waals surface area contributed by atoms with Crippen molar-refractivity contribution in [3.05, 3.63) is 37.5 Å². The first-order valence-electron chi connectivity index (χ1n) is 4.32. The van der Waals surface area contributed by atoms with Crippen LogP contribution in [0.15, 0.2) is 37.5 Å². The molecule has 0 radical (unpaired) electrons. The minimum absolute atomic E-state index is 0.250. The summed E-state index contributed by atoms with van der Waals surface area (Å²) < 4.78 is 0. The summed E-state index contributed by atoms with van der Waals surface area (Å²) >= 11 is 0. The number of hydrogen-bond acceptors (Lipinski definition) is 1. The van der Waals surface area contributed by atoms with Gasteiger partial charge in [-0.1, -0.05) is 44.7 Å². The summed E-state index contributed by atoms with van der Waals surface area (Å²) in [4.78, 5) is 0. The zero-order chi connectivity index (χ0) is 10.2. The van der Waals surface area contributed by atoms with Gasteiger partial charge in [-0.2, -0.15) is 0 Å². The number of aliphatic hydroxyl groups excluding tert-OH is 1. The van der Waals surface area contributed by atoms with Crippen molar-refractivity contribution >= 4 is 0 Å². The van der Waals surface area contributed by atoms with E-state index in [-0.39, 0.29) is 6.61 Å². The molecule has 0 aliphatic rings. The van der Waals surface area contributed by atoms with E-state index in [9.17, 15) is 0 Å². The lowest BCUT2D eigenvalue weighted by molar-refractivity contribution is 0.318. The fourth-order valence-corrected chi connectivity index (χ4v) is 0.271. The normalized spacial score (nSPS) is 7.33. The molecule has 1 N–H and O–H groups in total. The summed E-state index contributed by atoms with van der Waals surface area (Å²) in [6.45, 7) is 13.0. The largest absolute Gasteiger partial charge is 0.397 e. The fraction of sp³-hybridized carbons (Fsp3) is 0.455. The average molecular weight is 170 g/mol. The SMILES string of the molecule is C=C/C=C\CC=C.CC.CCO. The molecule has 0 heterocycles. The molecule has 0 atom stereocenters. The number of rotatable bonds is 3. The lowest BCUT2D eigenvalue weighted by atomic mass is 10.4. The highest BCUT2D eigenvalue weighted by molar-refractivity contribution is 4.99. The van der Waals surface area contributed by atoms with Gasteiger partial charge < -0.3 is 5.11 Å². The summed E-state index contributed by atoms with van der Waals surface area (Å²) in [5.41, 5.74) is 0. The highest BCUT2D eigenvalue weighted by atomic mass is 16.2. The summed E-state index contributed by atoms with van der Waals surface area (Å²) in [6, 6.07) is 0. The third kappa shape index (κ3) is 60.7. The Hall–Kier alpha value is -0.820. The Kier molecular flexibility index (Phi) is 46.1. The van der Waals surface area contributed by atoms with E-state index in [1.165, 1.54) is 0 Å². The molecule has 0 spiro atoms. The maximum Gasteiger partial charge on any atom is 0.0402 e. The van der Waals surface area contributed by atoms with E-state index < -0.39 is 0 Å². The summed E-state index contributed by atoms with van der Waals surface area (Å²) in [6.07, 6.45) is 8.44. The maximum absolute atomic E-state index is 7.57. The Bertz CT molecular complexity index is 93.2. The van der Waals surface area contributed by atoms with Gasteiger partial charge in [0.05, 0.1) is 0 Å². The number of hydrogen-bond donors (Lipinski definition) is 1. The second-order valence-corrected chi connectivity index (χ2v) is 1.50. The molecule has 1 nitrogen and oxygen atoms in total. The first-order chi connectivity index (χ1) is 5.83. The van der Waals surface area contributed by atoms with Gasteiger partial charge in [-0.05, 0) is 13.3 Å². The Morgan fingerprint density at radius 3 is 1.92 bits per heavy atom. The van der Waals surface area contributed by atoms with Crippen LogP contribution in [0.2, 0.25) is 0 Å². The summed E-state index contributed by atoms with van der Waals surface area (Å²) in [5, 5.41) is 7.57. The molecule has 12 heavy (non-hydrogen) atoms. The molecule has 0 aromatic rings. The van der Waals surface area contributed by atoms with Crippen molar-refractivity contribution in [2.75, 3.05) is 6.61 Å². The molecule has 0 saturated carbocycles. The lowest BCUT2D eigenvalue weighted by Crippen LogP contribution is -1.57. The van der Waals surface area contributed by atoms with Gasteiger partial charge in [0.25, 0.3) is 0 Å². The van der Waals surface area contributed by atoms with Gasteiger partial charge in [-0.25, -0.2) is 0 Å². The van der Waals surface area contributed by atoms with E-state index in [1.54, 1.807) is 13.0 Å². The zero-order valence-corrected chi connectivity index (χ0v) is 8.59. The van der Waals surface area contributed by atoms with E-state index in [0.717, 1.165) is 6.42 Å². The third-order valence-electron chi connectivity index (χ3n) is 0.575. The zero-order valence-electron chi connectivity index (χ0n) is 8.59. The van der Waals surface area contributed by atoms with Gasteiger partial charge >= 0.3 is 0 Å². The van der Waals surface area contributed by atoms with E-state index in [0.29, 0.717) is 0 Å². The third-order valence-corrected chi connectivity index (χ3v) is 0.575. The van der Waals surface area contributed by atoms with Crippen LogP contribution in [0.1, 0.15) is 27.2 Å². The van der Waals surface area contributed by atoms with Crippen molar-refractivity contribution in [3.8, 4) is 0 Å². The smallest absolute Gasteiger partial charge is 0.0402 e. The van der Waals surface area contributed by atoms with Crippen molar-refractivity contribution < 1.29 is 5.11 Å². The molecule has 0 aromatic carbocycles. The number of aliphatic hydroxyl groups is 1. The first-order valence-corrected chi connectivity index (χ1v) is 4.32. The van der Waals surface area contributed by atoms with Crippen LogP contribution in [-0.2, 0) is 0 Å². The average Bonchev–Trinajstić information content (AvgIpc) is 2.11. The number of allylic oxidation sites excluding steroid dienone is 4. The molecule has 0 bridgehead atoms. The molecule has 0 rings (SSSR count). The van der Waals surface area contributed by atoms with Gasteiger partial charge in [0.2, 0.25) is 0 Å². The fourth-order valence-electron chi connectivity index (χ4n) is 0.271. The molecule has 0 aliphatic carbocycles. The van der Waals surface area contributed by atoms with Gasteiger partial charge in [-0.3, -0.25) is 0 Å². The van der Waals surface area contributed by atoms with E-state index >= 15 is 0 Å². The van der Waals surface area contributed by atoms with Gasteiger partial charge in [0, 0.05) is 6.61 Å². The van der Waals surface area contributed by atoms with Crippen molar-refractivity contribution in [2.24, 2.45) is 0 Å². The molecule has 0 fully saturated rings. The standard InChI is InChI=1S/C7H10.C2H6O.C2H6/c1-3-5-7-6-4-2;1-2-3;1-2/h3-5,7H,1-2,6H2;3H,2H2,1H3;1-2H3/b7-5-;;. The van der Waals surface area contributed by atoms with E-state index in [2.05, 4.69) is 13.2 Å². The molecular weight excluding hydrogens is 148 g/mol. The van der Waals surface area contributed by atoms with Gasteiger partial charge in [0.1, 0.15) is 0 Å². The summed E-state index contributed by atoms with van der Waals surface area (Å²) in [5.74, 6) is 0. The molecule has 0 amide bonds. The van der Waals surface area contributed by atoms with Crippen molar-refractivity contribution in [3.63, 3.8) is 0 Å². The van der Waals surface area contributed by atoms with Crippen LogP contribution in [0.3, 0.4) is 0 Å². The lowest BCUT2D eigenvalue weighted by Gasteiger charge is -1.71. The minimum atomic E-state index is 0.250. The first kappa shape index (κ1) is 17.3. The molecule has 0 aromatic heterocycles. The van der Waals surface area contributed by atoms with Crippen LogP contribution in [0.4, 0.5) is 0 Å². The second-order valence-electron chi connectivity index (χ2n) is 1.50. The predicted molar refractivity (Wildman–Crippen MR) is 58.3 cm³/mol. The Morgan fingerprint density at radius 1 is 1.25 bits per heavy atom. The van der Waals surface area contributed by atoms with Gasteiger partial charge in [0.15, 0.2) is 0 Å². The monoisotopic (exact) mass is 170 g/mol. The van der Waals surface area contributed by atoms with Crippen LogP contribution in [-0.4, -0.2) is 11.7 Å². The van der Waals surface area contributed by atoms with Crippen LogP contribution in [0.5, 0.6) is 0 Å². The molecule has 0 unspecified atom stereocenters. The quantitative estimate of drug-likeness (QED) is 0.509. The van der Waals surface area contributed by atoms with Crippen LogP contribution in [0.25, 0.3) is 0 Å². The topological polar surface area (TPSA) is 20.2 Å². The molecular formula is C11H22O. The highest BCUT2D eigenvalue weighted by Gasteiger charge is 1.59. The molecule has 0 aliphatic heterocycles. The molecule has 0 saturated heterocycles. The van der Waals surface area contributed by atoms with Crippen LogP contribution < -0.4 is 0 Å². The van der Waals surface area contributed by atoms with Crippen molar-refractivity contribution in [1.29, 1.82) is 0 Å². The predicted octanol–water partition coefficient (Wildman–Crippen LogP) is 3.33. The highest BCUT2D eigenvalue weighted by Crippen LogP contribution is 1.81. The summed E-state index contributed by atoms with van der Waals surface area (Å²) in [7, 11) is 0. The van der Waals surface area contributed by atoms with Crippen LogP contribution >= 0.6 is 0 Å². The molecule has 1 heteroatoms. The Balaban J connectivity index is -0.000000137. The Labute approximate surface area is 77.1 Å². The van der Waals surface area contributed by atoms with E-state index in [4.69, 9.17) is 5.11 Å². The minimum Gasteiger partial charge on any atom is -0.397 e. The molecule has 72 valence electrons. The van der Waals surface area contributed by atoms with Crippen molar-refractivity contribution in [2.45, 2.75) is 27.2 Å². The maximum atomic E-state index is 7.57. The Morgan fingerprint density at radius 2 is 1.67 bits per heavy atom. The van der Waals surface area contributed by atoms with Crippen LogP contribution in [0, 0.1) is 0 Å².